The van der Waals surface area contributed by atoms with Crippen LogP contribution in [0.15, 0.2) is 0 Å². The molecule has 1 rings (SSSR count). The lowest BCUT2D eigenvalue weighted by Crippen LogP contribution is -2.92. The van der Waals surface area contributed by atoms with Crippen molar-refractivity contribution in [3.63, 3.8) is 0 Å². The second-order valence-electron chi connectivity index (χ2n) is 5.99. The van der Waals surface area contributed by atoms with E-state index < -0.39 is 56.8 Å². The Labute approximate surface area is 150 Å². The van der Waals surface area contributed by atoms with Crippen molar-refractivity contribution < 1.29 is 49.4 Å². The molecule has 1 saturated heterocycles. The van der Waals surface area contributed by atoms with Crippen LogP contribution in [0.1, 0.15) is 27.7 Å². The maximum atomic E-state index is 12.2. The molecule has 1 aliphatic rings. The molecule has 0 bridgehead atoms. The van der Waals surface area contributed by atoms with Gasteiger partial charge in [0.15, 0.2) is 27.6 Å². The van der Waals surface area contributed by atoms with Crippen LogP contribution >= 0.6 is 15.9 Å². The first-order valence-corrected chi connectivity index (χ1v) is 7.77. The zero-order valence-corrected chi connectivity index (χ0v) is 15.4. The first-order valence-electron chi connectivity index (χ1n) is 6.98. The highest BCUT2D eigenvalue weighted by atomic mass is 79.9. The highest BCUT2D eigenvalue weighted by Crippen LogP contribution is 2.56. The molecule has 0 aromatic heterocycles. The molecule has 5 N–H and O–H groups in total. The number of aliphatic hydroxyl groups excluding tert-OH is 1. The van der Waals surface area contributed by atoms with E-state index in [1.54, 1.807) is 0 Å². The molecule has 0 radical (unpaired) electrons. The number of halogens is 1. The average Bonchev–Trinajstić information content (AvgIpc) is 2.49. The minimum atomic E-state index is -3.76. The van der Waals surface area contributed by atoms with E-state index in [-0.39, 0.29) is 0 Å². The second-order valence-corrected chi connectivity index (χ2v) is 7.27. The topological polar surface area (TPSA) is 179 Å². The Hall–Kier alpha value is -1.08. The van der Waals surface area contributed by atoms with Gasteiger partial charge in [0.2, 0.25) is 16.8 Å². The molecular formula is C14H19BrO10. The quantitative estimate of drug-likeness (QED) is 0.291. The molecular weight excluding hydrogens is 408 g/mol. The van der Waals surface area contributed by atoms with Gasteiger partial charge in [-0.25, -0.2) is 0 Å². The Bertz CT molecular complexity index is 664. The molecule has 1 unspecified atom stereocenters. The first-order chi connectivity index (χ1) is 11.0. The van der Waals surface area contributed by atoms with E-state index in [1.807, 2.05) is 0 Å². The van der Waals surface area contributed by atoms with Gasteiger partial charge in [0.05, 0.1) is 6.61 Å². The molecule has 0 aliphatic carbocycles. The fraction of sp³-hybridized carbons (Fsp3) is 0.714. The van der Waals surface area contributed by atoms with Crippen molar-refractivity contribution in [3.05, 3.63) is 0 Å². The van der Waals surface area contributed by atoms with Gasteiger partial charge in [-0.15, -0.1) is 0 Å². The molecule has 0 amide bonds. The number of aliphatic hydroxyl groups is 5. The van der Waals surface area contributed by atoms with Gasteiger partial charge in [-0.2, -0.15) is 0 Å². The minimum Gasteiger partial charge on any atom is -0.392 e. The van der Waals surface area contributed by atoms with Gasteiger partial charge in [0.25, 0.3) is 5.79 Å². The van der Waals surface area contributed by atoms with Crippen LogP contribution in [0, 0.1) is 0 Å². The predicted octanol–water partition coefficient (Wildman–Crippen LogP) is -2.66. The zero-order valence-electron chi connectivity index (χ0n) is 13.9. The Balaban J connectivity index is 4.19. The number of ketones is 4. The Morgan fingerprint density at radius 2 is 1.12 bits per heavy atom. The van der Waals surface area contributed by atoms with Crippen LogP contribution in [-0.2, 0) is 23.9 Å². The molecule has 0 aromatic rings. The third-order valence-electron chi connectivity index (χ3n) is 4.60. The van der Waals surface area contributed by atoms with Crippen molar-refractivity contribution in [1.29, 1.82) is 0 Å². The van der Waals surface area contributed by atoms with Crippen molar-refractivity contribution in [2.45, 2.75) is 54.8 Å². The fourth-order valence-electron chi connectivity index (χ4n) is 3.15. The maximum Gasteiger partial charge on any atom is 0.268 e. The molecule has 1 aliphatic heterocycles. The van der Waals surface area contributed by atoms with Crippen LogP contribution < -0.4 is 0 Å². The number of carbonyl (C=O) groups is 4. The lowest BCUT2D eigenvalue weighted by molar-refractivity contribution is -0.397. The third kappa shape index (κ3) is 2.17. The summed E-state index contributed by atoms with van der Waals surface area (Å²) in [6.45, 7) is 1.21. The highest BCUT2D eigenvalue weighted by Gasteiger charge is 2.87. The predicted molar refractivity (Wildman–Crippen MR) is 82.4 cm³/mol. The lowest BCUT2D eigenvalue weighted by atomic mass is 9.57. The molecule has 0 aromatic carbocycles. The smallest absolute Gasteiger partial charge is 0.268 e. The van der Waals surface area contributed by atoms with Gasteiger partial charge >= 0.3 is 0 Å². The summed E-state index contributed by atoms with van der Waals surface area (Å²) in [4.78, 5) is 48.4. The number of ether oxygens (including phenoxy) is 1. The Morgan fingerprint density at radius 1 is 0.760 bits per heavy atom. The van der Waals surface area contributed by atoms with E-state index in [0.717, 1.165) is 0 Å². The van der Waals surface area contributed by atoms with Crippen LogP contribution in [0.5, 0.6) is 0 Å². The molecule has 0 spiro atoms. The van der Waals surface area contributed by atoms with E-state index in [1.165, 1.54) is 0 Å². The first kappa shape index (κ1) is 22.0. The number of Topliss-reactive ketones (excluding diaryl/α,β-unsaturated/α-hetero) is 4. The van der Waals surface area contributed by atoms with Gasteiger partial charge in [-0.3, -0.25) is 19.2 Å². The zero-order chi connectivity index (χ0) is 20.2. The van der Waals surface area contributed by atoms with Crippen LogP contribution in [-0.4, -0.2) is 82.4 Å². The van der Waals surface area contributed by atoms with Crippen LogP contribution in [0.2, 0.25) is 0 Å². The normalized spacial score (nSPS) is 44.2. The van der Waals surface area contributed by atoms with E-state index in [2.05, 4.69) is 15.9 Å². The number of hydrogen-bond acceptors (Lipinski definition) is 10. The summed E-state index contributed by atoms with van der Waals surface area (Å²) in [6.07, 6.45) is 0. The molecule has 11 heteroatoms. The summed E-state index contributed by atoms with van der Waals surface area (Å²) >= 11 is 2.62. The summed E-state index contributed by atoms with van der Waals surface area (Å²) in [5.74, 6) is -9.50. The summed E-state index contributed by atoms with van der Waals surface area (Å²) in [7, 11) is 0. The van der Waals surface area contributed by atoms with Crippen LogP contribution in [0.4, 0.5) is 0 Å². The van der Waals surface area contributed by atoms with Crippen LogP contribution in [0.25, 0.3) is 0 Å². The van der Waals surface area contributed by atoms with Gasteiger partial charge < -0.3 is 30.3 Å². The summed E-state index contributed by atoms with van der Waals surface area (Å²) in [5, 5.41) is 52.8. The number of alkyl halides is 1. The number of carbonyl (C=O) groups excluding carboxylic acids is 4. The Morgan fingerprint density at radius 3 is 1.36 bits per heavy atom. The van der Waals surface area contributed by atoms with E-state index >= 15 is 0 Å². The largest absolute Gasteiger partial charge is 0.392 e. The van der Waals surface area contributed by atoms with Crippen LogP contribution in [0.3, 0.4) is 0 Å². The standard InChI is InChI=1S/C14H19BrO10/c1-6(17)11(21)10(15,5-16)25-14(24,9(4)20)13(23,8(3)19)12(11,22)7(2)18/h16,21-24H,5H2,1-4H3/t10-,11-,12+,13-,14?/m1/s1. The van der Waals surface area contributed by atoms with E-state index in [9.17, 15) is 44.7 Å². The lowest BCUT2D eigenvalue weighted by Gasteiger charge is -2.62. The van der Waals surface area contributed by atoms with Crippen molar-refractivity contribution in [2.75, 3.05) is 6.61 Å². The average molecular weight is 427 g/mol. The molecule has 142 valence electrons. The van der Waals surface area contributed by atoms with E-state index in [0.29, 0.717) is 27.7 Å². The number of rotatable bonds is 5. The third-order valence-corrected chi connectivity index (χ3v) is 5.58. The highest BCUT2D eigenvalue weighted by molar-refractivity contribution is 9.10. The van der Waals surface area contributed by atoms with E-state index in [4.69, 9.17) is 4.74 Å². The molecule has 25 heavy (non-hydrogen) atoms. The Kier molecular flexibility index (Phi) is 5.25. The molecule has 10 nitrogen and oxygen atoms in total. The van der Waals surface area contributed by atoms with Crippen molar-refractivity contribution in [2.24, 2.45) is 0 Å². The molecule has 1 heterocycles. The second kappa shape index (κ2) is 5.98. The van der Waals surface area contributed by atoms with Gasteiger partial charge in [-0.1, -0.05) is 0 Å². The molecule has 5 atom stereocenters. The molecule has 1 fully saturated rings. The summed E-state index contributed by atoms with van der Waals surface area (Å²) in [5.41, 5.74) is -11.0. The van der Waals surface area contributed by atoms with Gasteiger partial charge in [0, 0.05) is 6.92 Å². The summed E-state index contributed by atoms with van der Waals surface area (Å²) < 4.78 is 2.08. The van der Waals surface area contributed by atoms with Gasteiger partial charge in [0.1, 0.15) is 0 Å². The number of hydrogen-bond donors (Lipinski definition) is 5. The maximum absolute atomic E-state index is 12.2. The van der Waals surface area contributed by atoms with Crippen molar-refractivity contribution in [1.82, 2.24) is 0 Å². The molecule has 0 saturated carbocycles. The SMILES string of the molecule is CC(=O)C1(O)O[C@](Br)(CO)[C@](O)(C(C)=O)[C@@](O)(C(C)=O)[C@]1(O)C(C)=O. The fourth-order valence-corrected chi connectivity index (χ4v) is 3.95. The van der Waals surface area contributed by atoms with Crippen molar-refractivity contribution >= 4 is 39.1 Å². The minimum absolute atomic E-state index is 0.603. The monoisotopic (exact) mass is 426 g/mol. The summed E-state index contributed by atoms with van der Waals surface area (Å²) in [6, 6.07) is 0. The van der Waals surface area contributed by atoms with Gasteiger partial charge in [-0.05, 0) is 36.7 Å². The van der Waals surface area contributed by atoms with Crippen molar-refractivity contribution in [3.8, 4) is 0 Å².